The summed E-state index contributed by atoms with van der Waals surface area (Å²) in [6.07, 6.45) is 1.89. The average Bonchev–Trinajstić information content (AvgIpc) is 3.37. The molecule has 2 aromatic carbocycles. The highest BCUT2D eigenvalue weighted by atomic mass is 32.2. The highest BCUT2D eigenvalue weighted by Crippen LogP contribution is 2.31. The summed E-state index contributed by atoms with van der Waals surface area (Å²) in [5.74, 6) is 1.54. The predicted molar refractivity (Wildman–Crippen MR) is 115 cm³/mol. The van der Waals surface area contributed by atoms with Crippen LogP contribution in [0, 0.1) is 0 Å². The standard InChI is InChI=1S/C22H19NO3S2/c1-25-17-6-7-18-16(12-26-20(18)11-17)10-22(24)23-19-4-2-3-5-21(19)28-14-15-8-9-27-13-15/h2-9,11-13H,10,14H2,1H3,(H,23,24). The van der Waals surface area contributed by atoms with E-state index in [1.165, 1.54) is 5.56 Å². The second-order valence-electron chi connectivity index (χ2n) is 6.26. The highest BCUT2D eigenvalue weighted by Gasteiger charge is 2.13. The van der Waals surface area contributed by atoms with E-state index in [-0.39, 0.29) is 12.3 Å². The summed E-state index contributed by atoms with van der Waals surface area (Å²) in [5.41, 5.74) is 3.70. The predicted octanol–water partition coefficient (Wildman–Crippen LogP) is 5.98. The van der Waals surface area contributed by atoms with Gasteiger partial charge in [-0.25, -0.2) is 0 Å². The minimum atomic E-state index is -0.0675. The van der Waals surface area contributed by atoms with E-state index in [1.54, 1.807) is 36.5 Å². The number of fused-ring (bicyclic) bond motifs is 1. The molecular formula is C22H19NO3S2. The molecule has 28 heavy (non-hydrogen) atoms. The molecule has 4 rings (SSSR count). The van der Waals surface area contributed by atoms with E-state index in [2.05, 4.69) is 22.1 Å². The number of ether oxygens (including phenoxy) is 1. The Hall–Kier alpha value is -2.70. The first-order valence-electron chi connectivity index (χ1n) is 8.80. The zero-order valence-corrected chi connectivity index (χ0v) is 16.9. The lowest BCUT2D eigenvalue weighted by Gasteiger charge is -2.10. The molecule has 0 atom stereocenters. The molecule has 0 radical (unpaired) electrons. The number of hydrogen-bond donors (Lipinski definition) is 1. The SMILES string of the molecule is COc1ccc2c(CC(=O)Nc3ccccc3SCc3ccsc3)coc2c1. The molecule has 1 N–H and O–H groups in total. The largest absolute Gasteiger partial charge is 0.497 e. The van der Waals surface area contributed by atoms with Gasteiger partial charge in [0, 0.05) is 27.7 Å². The number of carbonyl (C=O) groups excluding carboxylic acids is 1. The van der Waals surface area contributed by atoms with E-state index in [9.17, 15) is 4.79 Å². The van der Waals surface area contributed by atoms with E-state index >= 15 is 0 Å². The first-order chi connectivity index (χ1) is 13.7. The second-order valence-corrected chi connectivity index (χ2v) is 8.06. The molecule has 6 heteroatoms. The molecule has 0 aliphatic heterocycles. The van der Waals surface area contributed by atoms with Gasteiger partial charge >= 0.3 is 0 Å². The van der Waals surface area contributed by atoms with Crippen LogP contribution in [0.3, 0.4) is 0 Å². The van der Waals surface area contributed by atoms with Crippen molar-refractivity contribution in [2.24, 2.45) is 0 Å². The zero-order valence-electron chi connectivity index (χ0n) is 15.3. The minimum absolute atomic E-state index is 0.0675. The van der Waals surface area contributed by atoms with Crippen LogP contribution in [0.25, 0.3) is 11.0 Å². The maximum atomic E-state index is 12.6. The number of nitrogens with one attached hydrogen (secondary N) is 1. The maximum Gasteiger partial charge on any atom is 0.228 e. The number of rotatable bonds is 7. The van der Waals surface area contributed by atoms with Crippen molar-refractivity contribution in [2.45, 2.75) is 17.1 Å². The monoisotopic (exact) mass is 409 g/mol. The normalized spacial score (nSPS) is 10.9. The summed E-state index contributed by atoms with van der Waals surface area (Å²) < 4.78 is 10.8. The van der Waals surface area contributed by atoms with Crippen LogP contribution < -0.4 is 10.1 Å². The van der Waals surface area contributed by atoms with Crippen molar-refractivity contribution in [3.05, 3.63) is 76.7 Å². The maximum absolute atomic E-state index is 12.6. The number of hydrogen-bond acceptors (Lipinski definition) is 5. The number of thiophene rings is 1. The van der Waals surface area contributed by atoms with Gasteiger partial charge in [0.15, 0.2) is 0 Å². The van der Waals surface area contributed by atoms with Gasteiger partial charge in [-0.15, -0.1) is 11.8 Å². The van der Waals surface area contributed by atoms with Crippen molar-refractivity contribution in [3.8, 4) is 5.75 Å². The van der Waals surface area contributed by atoms with Gasteiger partial charge in [-0.2, -0.15) is 11.3 Å². The summed E-state index contributed by atoms with van der Waals surface area (Å²) in [7, 11) is 1.62. The molecule has 0 fully saturated rings. The summed E-state index contributed by atoms with van der Waals surface area (Å²) in [6.45, 7) is 0. The van der Waals surface area contributed by atoms with E-state index in [0.29, 0.717) is 5.58 Å². The third kappa shape index (κ3) is 4.24. The van der Waals surface area contributed by atoms with E-state index < -0.39 is 0 Å². The van der Waals surface area contributed by atoms with Gasteiger partial charge in [-0.1, -0.05) is 12.1 Å². The third-order valence-electron chi connectivity index (χ3n) is 4.35. The fourth-order valence-electron chi connectivity index (χ4n) is 2.93. The van der Waals surface area contributed by atoms with Crippen LogP contribution in [0.15, 0.2) is 74.9 Å². The smallest absolute Gasteiger partial charge is 0.228 e. The van der Waals surface area contributed by atoms with Crippen LogP contribution in [0.4, 0.5) is 5.69 Å². The van der Waals surface area contributed by atoms with Crippen molar-refractivity contribution < 1.29 is 13.9 Å². The van der Waals surface area contributed by atoms with Gasteiger partial charge in [0.1, 0.15) is 11.3 Å². The van der Waals surface area contributed by atoms with Crippen molar-refractivity contribution in [2.75, 3.05) is 12.4 Å². The van der Waals surface area contributed by atoms with Gasteiger partial charge in [-0.05, 0) is 46.7 Å². The Morgan fingerprint density at radius 3 is 2.93 bits per heavy atom. The summed E-state index contributed by atoms with van der Waals surface area (Å²) in [5, 5.41) is 8.19. The molecule has 0 aliphatic carbocycles. The van der Waals surface area contributed by atoms with Crippen LogP contribution in [-0.4, -0.2) is 13.0 Å². The lowest BCUT2D eigenvalue weighted by Crippen LogP contribution is -2.14. The Balaban J connectivity index is 1.45. The molecule has 0 saturated carbocycles. The molecule has 2 aromatic heterocycles. The van der Waals surface area contributed by atoms with Crippen molar-refractivity contribution in [1.29, 1.82) is 0 Å². The Bertz CT molecular complexity index is 1090. The molecule has 2 heterocycles. The topological polar surface area (TPSA) is 51.5 Å². The highest BCUT2D eigenvalue weighted by molar-refractivity contribution is 7.98. The molecule has 0 unspecified atom stereocenters. The quantitative estimate of drug-likeness (QED) is 0.382. The zero-order chi connectivity index (χ0) is 19.3. The first-order valence-corrected chi connectivity index (χ1v) is 10.7. The number of carbonyl (C=O) groups is 1. The number of para-hydroxylation sites is 1. The van der Waals surface area contributed by atoms with Gasteiger partial charge < -0.3 is 14.5 Å². The lowest BCUT2D eigenvalue weighted by molar-refractivity contribution is -0.115. The van der Waals surface area contributed by atoms with Gasteiger partial charge in [0.25, 0.3) is 0 Å². The van der Waals surface area contributed by atoms with E-state index in [0.717, 1.165) is 33.0 Å². The molecular weight excluding hydrogens is 390 g/mol. The van der Waals surface area contributed by atoms with Crippen molar-refractivity contribution >= 4 is 45.7 Å². The Kier molecular flexibility index (Phi) is 5.69. The van der Waals surface area contributed by atoms with Crippen LogP contribution >= 0.6 is 23.1 Å². The molecule has 142 valence electrons. The molecule has 4 aromatic rings. The Labute approximate surface area is 171 Å². The fraction of sp³-hybridized carbons (Fsp3) is 0.136. The Morgan fingerprint density at radius 2 is 2.11 bits per heavy atom. The van der Waals surface area contributed by atoms with Crippen molar-refractivity contribution in [1.82, 2.24) is 0 Å². The van der Waals surface area contributed by atoms with Gasteiger partial charge in [-0.3, -0.25) is 4.79 Å². The van der Waals surface area contributed by atoms with Crippen LogP contribution in [0.5, 0.6) is 5.75 Å². The fourth-order valence-corrected chi connectivity index (χ4v) is 4.65. The molecule has 0 spiro atoms. The molecule has 0 bridgehead atoms. The lowest BCUT2D eigenvalue weighted by atomic mass is 10.1. The first kappa shape index (κ1) is 18.7. The molecule has 4 nitrogen and oxygen atoms in total. The number of anilines is 1. The van der Waals surface area contributed by atoms with E-state index in [1.807, 2.05) is 42.5 Å². The summed E-state index contributed by atoms with van der Waals surface area (Å²) in [4.78, 5) is 13.7. The minimum Gasteiger partial charge on any atom is -0.497 e. The van der Waals surface area contributed by atoms with Crippen LogP contribution in [0.1, 0.15) is 11.1 Å². The third-order valence-corrected chi connectivity index (χ3v) is 6.23. The second kappa shape index (κ2) is 8.54. The molecule has 1 amide bonds. The average molecular weight is 410 g/mol. The number of thioether (sulfide) groups is 1. The number of methoxy groups -OCH3 is 1. The Morgan fingerprint density at radius 1 is 1.21 bits per heavy atom. The number of furan rings is 1. The molecule has 0 saturated heterocycles. The summed E-state index contributed by atoms with van der Waals surface area (Å²) in [6, 6.07) is 15.6. The summed E-state index contributed by atoms with van der Waals surface area (Å²) >= 11 is 3.42. The van der Waals surface area contributed by atoms with E-state index in [4.69, 9.17) is 9.15 Å². The van der Waals surface area contributed by atoms with Crippen LogP contribution in [-0.2, 0) is 17.0 Å². The number of benzene rings is 2. The van der Waals surface area contributed by atoms with Crippen LogP contribution in [0.2, 0.25) is 0 Å². The number of amides is 1. The van der Waals surface area contributed by atoms with Crippen molar-refractivity contribution in [3.63, 3.8) is 0 Å². The van der Waals surface area contributed by atoms with Gasteiger partial charge in [0.05, 0.1) is 25.5 Å². The molecule has 0 aliphatic rings. The van der Waals surface area contributed by atoms with Gasteiger partial charge in [0.2, 0.25) is 5.91 Å².